The smallest absolute Gasteiger partial charge is 0.123 e. The maximum Gasteiger partial charge on any atom is 0.123 e. The monoisotopic (exact) mass is 382 g/mol. The number of hydrogen-bond donors (Lipinski definition) is 0. The lowest BCUT2D eigenvalue weighted by Gasteiger charge is -2.34. The fourth-order valence-electron chi connectivity index (χ4n) is 3.34. The molecule has 1 heterocycles. The second kappa shape index (κ2) is 10.9. The van der Waals surface area contributed by atoms with Crippen LogP contribution in [0, 0.1) is 11.6 Å². The van der Waals surface area contributed by atoms with Crippen molar-refractivity contribution in [3.63, 3.8) is 0 Å². The van der Waals surface area contributed by atoms with Gasteiger partial charge in [-0.3, -0.25) is 0 Å². The van der Waals surface area contributed by atoms with E-state index in [1.807, 2.05) is 0 Å². The highest BCUT2D eigenvalue weighted by atomic mass is 19.1. The molecule has 1 saturated heterocycles. The van der Waals surface area contributed by atoms with Gasteiger partial charge in [0.1, 0.15) is 11.6 Å². The van der Waals surface area contributed by atoms with Crippen molar-refractivity contribution in [2.24, 2.45) is 0 Å². The molecule has 0 spiro atoms. The molecule has 0 atom stereocenters. The van der Waals surface area contributed by atoms with Crippen molar-refractivity contribution in [3.8, 4) is 0 Å². The maximum atomic E-state index is 12.9. The SMILES string of the molecule is Fc1ccc(/C=C/CCN2CCN(CC/C=C/c3ccc(F)cc3)CC2)cc1. The van der Waals surface area contributed by atoms with Crippen molar-refractivity contribution in [3.05, 3.63) is 83.4 Å². The summed E-state index contributed by atoms with van der Waals surface area (Å²) >= 11 is 0. The van der Waals surface area contributed by atoms with Gasteiger partial charge >= 0.3 is 0 Å². The Balaban J connectivity index is 1.29. The molecule has 0 aliphatic carbocycles. The van der Waals surface area contributed by atoms with Gasteiger partial charge in [0.15, 0.2) is 0 Å². The second-order valence-corrected chi connectivity index (χ2v) is 7.17. The Morgan fingerprint density at radius 1 is 0.607 bits per heavy atom. The summed E-state index contributed by atoms with van der Waals surface area (Å²) in [6.45, 7) is 6.54. The van der Waals surface area contributed by atoms with Crippen LogP contribution in [-0.4, -0.2) is 49.1 Å². The molecule has 0 amide bonds. The van der Waals surface area contributed by atoms with Crippen LogP contribution in [0.2, 0.25) is 0 Å². The molecule has 2 nitrogen and oxygen atoms in total. The van der Waals surface area contributed by atoms with Crippen LogP contribution in [0.25, 0.3) is 12.2 Å². The maximum absolute atomic E-state index is 12.9. The van der Waals surface area contributed by atoms with Crippen molar-refractivity contribution in [1.82, 2.24) is 9.80 Å². The third kappa shape index (κ3) is 7.02. The van der Waals surface area contributed by atoms with Crippen LogP contribution in [0.1, 0.15) is 24.0 Å². The van der Waals surface area contributed by atoms with Crippen molar-refractivity contribution in [2.45, 2.75) is 12.8 Å². The summed E-state index contributed by atoms with van der Waals surface area (Å²) in [7, 11) is 0. The molecule has 1 aliphatic heterocycles. The first-order valence-electron chi connectivity index (χ1n) is 9.98. The number of halogens is 2. The van der Waals surface area contributed by atoms with E-state index in [1.54, 1.807) is 24.3 Å². The molecule has 4 heteroatoms. The molecule has 1 fully saturated rings. The first-order valence-corrected chi connectivity index (χ1v) is 9.98. The molecule has 1 aliphatic rings. The molecule has 2 aromatic rings. The Morgan fingerprint density at radius 2 is 0.964 bits per heavy atom. The molecule has 28 heavy (non-hydrogen) atoms. The first kappa shape index (κ1) is 20.4. The van der Waals surface area contributed by atoms with E-state index in [4.69, 9.17) is 0 Å². The van der Waals surface area contributed by atoms with Crippen LogP contribution >= 0.6 is 0 Å². The number of rotatable bonds is 8. The Hall–Kier alpha value is -2.30. The van der Waals surface area contributed by atoms with Gasteiger partial charge in [0.2, 0.25) is 0 Å². The molecular formula is C24H28F2N2. The molecule has 0 unspecified atom stereocenters. The number of piperazine rings is 1. The lowest BCUT2D eigenvalue weighted by Crippen LogP contribution is -2.46. The Labute approximate surface area is 166 Å². The van der Waals surface area contributed by atoms with Gasteiger partial charge in [0.25, 0.3) is 0 Å². The number of nitrogens with zero attached hydrogens (tertiary/aromatic N) is 2. The highest BCUT2D eigenvalue weighted by Crippen LogP contribution is 2.08. The van der Waals surface area contributed by atoms with Gasteiger partial charge in [-0.25, -0.2) is 8.78 Å². The quantitative estimate of drug-likeness (QED) is 0.627. The van der Waals surface area contributed by atoms with E-state index in [0.29, 0.717) is 0 Å². The average molecular weight is 382 g/mol. The van der Waals surface area contributed by atoms with Gasteiger partial charge in [0.05, 0.1) is 0 Å². The predicted octanol–water partition coefficient (Wildman–Crippen LogP) is 5.09. The number of benzene rings is 2. The normalized spacial score (nSPS) is 16.4. The van der Waals surface area contributed by atoms with E-state index in [2.05, 4.69) is 34.1 Å². The summed E-state index contributed by atoms with van der Waals surface area (Å²) in [5.41, 5.74) is 2.08. The lowest BCUT2D eigenvalue weighted by molar-refractivity contribution is 0.136. The summed E-state index contributed by atoms with van der Waals surface area (Å²) in [6, 6.07) is 13.2. The van der Waals surface area contributed by atoms with Gasteiger partial charge in [0, 0.05) is 39.3 Å². The standard InChI is InChI=1S/C24H28F2N2/c25-23-11-7-21(8-12-23)5-1-3-15-27-17-19-28(20-18-27)16-4-2-6-22-9-13-24(26)14-10-22/h1-2,5-14H,3-4,15-20H2/b5-1+,6-2+. The minimum atomic E-state index is -0.194. The fourth-order valence-corrected chi connectivity index (χ4v) is 3.34. The zero-order valence-corrected chi connectivity index (χ0v) is 16.2. The van der Waals surface area contributed by atoms with Crippen molar-refractivity contribution in [2.75, 3.05) is 39.3 Å². The largest absolute Gasteiger partial charge is 0.300 e. The molecule has 0 bridgehead atoms. The minimum absolute atomic E-state index is 0.194. The third-order valence-corrected chi connectivity index (χ3v) is 5.05. The Morgan fingerprint density at radius 3 is 1.32 bits per heavy atom. The van der Waals surface area contributed by atoms with E-state index in [-0.39, 0.29) is 11.6 Å². The van der Waals surface area contributed by atoms with Gasteiger partial charge in [-0.1, -0.05) is 48.6 Å². The Kier molecular flexibility index (Phi) is 7.94. The van der Waals surface area contributed by atoms with Crippen LogP contribution < -0.4 is 0 Å². The van der Waals surface area contributed by atoms with Gasteiger partial charge in [-0.05, 0) is 48.2 Å². The molecule has 0 saturated carbocycles. The summed E-state index contributed by atoms with van der Waals surface area (Å²) in [6.07, 6.45) is 10.5. The van der Waals surface area contributed by atoms with Crippen molar-refractivity contribution >= 4 is 12.2 Å². The zero-order valence-electron chi connectivity index (χ0n) is 16.2. The van der Waals surface area contributed by atoms with Crippen molar-refractivity contribution in [1.29, 1.82) is 0 Å². The van der Waals surface area contributed by atoms with Crippen molar-refractivity contribution < 1.29 is 8.78 Å². The molecule has 3 rings (SSSR count). The second-order valence-electron chi connectivity index (χ2n) is 7.17. The summed E-state index contributed by atoms with van der Waals surface area (Å²) in [5, 5.41) is 0. The number of hydrogen-bond acceptors (Lipinski definition) is 2. The van der Waals surface area contributed by atoms with Crippen LogP contribution in [0.15, 0.2) is 60.7 Å². The molecular weight excluding hydrogens is 354 g/mol. The van der Waals surface area contributed by atoms with Crippen LogP contribution in [0.4, 0.5) is 8.78 Å². The average Bonchev–Trinajstić information content (AvgIpc) is 2.72. The molecule has 0 aromatic heterocycles. The van der Waals surface area contributed by atoms with E-state index < -0.39 is 0 Å². The van der Waals surface area contributed by atoms with Gasteiger partial charge in [-0.2, -0.15) is 0 Å². The van der Waals surface area contributed by atoms with Crippen LogP contribution in [-0.2, 0) is 0 Å². The van der Waals surface area contributed by atoms with Gasteiger partial charge < -0.3 is 9.80 Å². The summed E-state index contributed by atoms with van der Waals surface area (Å²) in [5.74, 6) is -0.387. The first-order chi connectivity index (χ1) is 13.7. The van der Waals surface area contributed by atoms with Crippen LogP contribution in [0.3, 0.4) is 0 Å². The highest BCUT2D eigenvalue weighted by Gasteiger charge is 2.15. The summed E-state index contributed by atoms with van der Waals surface area (Å²) < 4.78 is 25.8. The highest BCUT2D eigenvalue weighted by molar-refractivity contribution is 5.49. The molecule has 0 radical (unpaired) electrons. The van der Waals surface area contributed by atoms with Gasteiger partial charge in [-0.15, -0.1) is 0 Å². The summed E-state index contributed by atoms with van der Waals surface area (Å²) in [4.78, 5) is 5.00. The predicted molar refractivity (Wildman–Crippen MR) is 113 cm³/mol. The molecule has 148 valence electrons. The van der Waals surface area contributed by atoms with E-state index in [0.717, 1.165) is 63.2 Å². The Bertz CT molecular complexity index is 691. The fraction of sp³-hybridized carbons (Fsp3) is 0.333. The zero-order chi connectivity index (χ0) is 19.6. The van der Waals surface area contributed by atoms with E-state index in [9.17, 15) is 8.78 Å². The topological polar surface area (TPSA) is 6.48 Å². The molecule has 0 N–H and O–H groups in total. The lowest BCUT2D eigenvalue weighted by atomic mass is 10.2. The minimum Gasteiger partial charge on any atom is -0.300 e. The van der Waals surface area contributed by atoms with Crippen LogP contribution in [0.5, 0.6) is 0 Å². The molecule has 2 aromatic carbocycles. The van der Waals surface area contributed by atoms with E-state index in [1.165, 1.54) is 24.3 Å². The third-order valence-electron chi connectivity index (χ3n) is 5.05. The van der Waals surface area contributed by atoms with E-state index >= 15 is 0 Å².